The Balaban J connectivity index is 2.30. The summed E-state index contributed by atoms with van der Waals surface area (Å²) in [6.07, 6.45) is 1.26. The third-order valence-electron chi connectivity index (χ3n) is 2.37. The molecule has 0 spiro atoms. The molecule has 1 rings (SSSR count). The van der Waals surface area contributed by atoms with Crippen molar-refractivity contribution in [3.8, 4) is 0 Å². The van der Waals surface area contributed by atoms with Crippen molar-refractivity contribution in [2.45, 2.75) is 30.8 Å². The van der Waals surface area contributed by atoms with Crippen LogP contribution < -0.4 is 0 Å². The molecule has 17 heavy (non-hydrogen) atoms. The summed E-state index contributed by atoms with van der Waals surface area (Å²) in [6.45, 7) is 1.57. The summed E-state index contributed by atoms with van der Waals surface area (Å²) in [7, 11) is 1.62. The first-order chi connectivity index (χ1) is 8.11. The van der Waals surface area contributed by atoms with Crippen LogP contribution in [-0.4, -0.2) is 24.7 Å². The number of hydrogen-bond acceptors (Lipinski definition) is 3. The Morgan fingerprint density at radius 2 is 2.06 bits per heavy atom. The van der Waals surface area contributed by atoms with Crippen LogP contribution in [0.15, 0.2) is 29.2 Å². The molecule has 0 heterocycles. The van der Waals surface area contributed by atoms with Gasteiger partial charge in [0, 0.05) is 24.2 Å². The summed E-state index contributed by atoms with van der Waals surface area (Å²) in [6, 6.07) is 6.41. The summed E-state index contributed by atoms with van der Waals surface area (Å²) in [5, 5.41) is 0. The number of carbonyl (C=O) groups excluding carboxylic acids is 1. The van der Waals surface area contributed by atoms with Gasteiger partial charge in [-0.3, -0.25) is 4.79 Å². The summed E-state index contributed by atoms with van der Waals surface area (Å²) in [5.41, 5.74) is 0. The van der Waals surface area contributed by atoms with E-state index in [2.05, 4.69) is 0 Å². The van der Waals surface area contributed by atoms with Crippen LogP contribution in [0.2, 0.25) is 0 Å². The molecule has 0 aromatic heterocycles. The second kappa shape index (κ2) is 7.45. The molecule has 0 N–H and O–H groups in total. The Kier molecular flexibility index (Phi) is 6.22. The molecule has 2 nitrogen and oxygen atoms in total. The Labute approximate surface area is 106 Å². The van der Waals surface area contributed by atoms with Crippen molar-refractivity contribution in [2.24, 2.45) is 0 Å². The minimum Gasteiger partial charge on any atom is -0.381 e. The van der Waals surface area contributed by atoms with Gasteiger partial charge in [-0.2, -0.15) is 0 Å². The molecule has 0 aliphatic rings. The van der Waals surface area contributed by atoms with Crippen LogP contribution >= 0.6 is 11.8 Å². The molecule has 0 saturated carbocycles. The van der Waals surface area contributed by atoms with Crippen molar-refractivity contribution in [3.05, 3.63) is 30.1 Å². The second-order valence-electron chi connectivity index (χ2n) is 3.85. The average molecular weight is 256 g/mol. The monoisotopic (exact) mass is 256 g/mol. The van der Waals surface area contributed by atoms with Crippen molar-refractivity contribution in [2.75, 3.05) is 12.9 Å². The van der Waals surface area contributed by atoms with Gasteiger partial charge in [0.2, 0.25) is 0 Å². The predicted octanol–water partition coefficient (Wildman–Crippen LogP) is 3.30. The third kappa shape index (κ3) is 5.84. The lowest BCUT2D eigenvalue weighted by Crippen LogP contribution is -2.15. The molecule has 94 valence electrons. The number of hydrogen-bond donors (Lipinski definition) is 0. The van der Waals surface area contributed by atoms with Crippen LogP contribution in [0, 0.1) is 5.82 Å². The van der Waals surface area contributed by atoms with Crippen LogP contribution in [0.5, 0.6) is 0 Å². The second-order valence-corrected chi connectivity index (χ2v) is 5.02. The van der Waals surface area contributed by atoms with Crippen LogP contribution in [0.3, 0.4) is 0 Å². The van der Waals surface area contributed by atoms with Gasteiger partial charge in [0.1, 0.15) is 11.6 Å². The van der Waals surface area contributed by atoms with Crippen molar-refractivity contribution >= 4 is 17.5 Å². The molecule has 0 aliphatic carbocycles. The normalized spacial score (nSPS) is 12.4. The molecule has 1 unspecified atom stereocenters. The number of benzene rings is 1. The van der Waals surface area contributed by atoms with Gasteiger partial charge in [-0.25, -0.2) is 4.39 Å². The van der Waals surface area contributed by atoms with E-state index in [9.17, 15) is 9.18 Å². The number of ketones is 1. The number of Topliss-reactive ketones (excluding diaryl/α,β-unsaturated/α-hetero) is 1. The molecular formula is C13H17FO2S. The highest BCUT2D eigenvalue weighted by molar-refractivity contribution is 7.99. The first kappa shape index (κ1) is 14.2. The molecule has 1 atom stereocenters. The number of methoxy groups -OCH3 is 1. The number of carbonyl (C=O) groups is 1. The predicted molar refractivity (Wildman–Crippen MR) is 67.8 cm³/mol. The third-order valence-corrected chi connectivity index (χ3v) is 3.42. The van der Waals surface area contributed by atoms with Crippen LogP contribution in [0.1, 0.15) is 19.8 Å². The molecular weight excluding hydrogens is 239 g/mol. The number of ether oxygens (including phenoxy) is 1. The Morgan fingerprint density at radius 3 is 2.59 bits per heavy atom. The van der Waals surface area contributed by atoms with Crippen LogP contribution in [0.25, 0.3) is 0 Å². The lowest BCUT2D eigenvalue weighted by atomic mass is 10.1. The highest BCUT2D eigenvalue weighted by Gasteiger charge is 2.09. The minimum absolute atomic E-state index is 0.0135. The van der Waals surface area contributed by atoms with Gasteiger partial charge < -0.3 is 4.74 Å². The molecule has 0 saturated heterocycles. The molecule has 0 radical (unpaired) electrons. The van der Waals surface area contributed by atoms with Gasteiger partial charge in [-0.1, -0.05) is 0 Å². The van der Waals surface area contributed by atoms with E-state index >= 15 is 0 Å². The van der Waals surface area contributed by atoms with Gasteiger partial charge in [0.15, 0.2) is 0 Å². The summed E-state index contributed by atoms with van der Waals surface area (Å²) in [5.74, 6) is 0.779. The van der Waals surface area contributed by atoms with Gasteiger partial charge in [0.05, 0.1) is 6.10 Å². The summed E-state index contributed by atoms with van der Waals surface area (Å²) in [4.78, 5) is 12.0. The van der Waals surface area contributed by atoms with E-state index in [0.717, 1.165) is 17.1 Å². The number of thioether (sulfide) groups is 1. The van der Waals surface area contributed by atoms with Crippen molar-refractivity contribution < 1.29 is 13.9 Å². The molecule has 0 bridgehead atoms. The zero-order valence-corrected chi connectivity index (χ0v) is 10.9. The zero-order chi connectivity index (χ0) is 12.7. The van der Waals surface area contributed by atoms with Crippen LogP contribution in [0.4, 0.5) is 4.39 Å². The molecule has 4 heteroatoms. The zero-order valence-electron chi connectivity index (χ0n) is 10.1. The first-order valence-electron chi connectivity index (χ1n) is 5.52. The van der Waals surface area contributed by atoms with Gasteiger partial charge in [-0.05, 0) is 37.6 Å². The Bertz CT molecular complexity index is 351. The maximum absolute atomic E-state index is 12.7. The van der Waals surface area contributed by atoms with Gasteiger partial charge >= 0.3 is 0 Å². The number of rotatable bonds is 7. The first-order valence-corrected chi connectivity index (χ1v) is 6.51. The van der Waals surface area contributed by atoms with Crippen LogP contribution in [-0.2, 0) is 9.53 Å². The largest absolute Gasteiger partial charge is 0.381 e. The highest BCUT2D eigenvalue weighted by Crippen LogP contribution is 2.20. The van der Waals surface area contributed by atoms with E-state index in [1.807, 2.05) is 0 Å². The van der Waals surface area contributed by atoms with Crippen molar-refractivity contribution in [1.82, 2.24) is 0 Å². The van der Waals surface area contributed by atoms with E-state index in [1.165, 1.54) is 12.1 Å². The maximum atomic E-state index is 12.7. The number of halogens is 1. The SMILES string of the molecule is COC(CCSc1ccc(F)cc1)CC(C)=O. The fourth-order valence-corrected chi connectivity index (χ4v) is 2.41. The van der Waals surface area contributed by atoms with E-state index in [1.54, 1.807) is 37.9 Å². The Morgan fingerprint density at radius 1 is 1.41 bits per heavy atom. The van der Waals surface area contributed by atoms with Crippen molar-refractivity contribution in [1.29, 1.82) is 0 Å². The molecule has 0 aliphatic heterocycles. The lowest BCUT2D eigenvalue weighted by Gasteiger charge is -2.12. The summed E-state index contributed by atoms with van der Waals surface area (Å²) < 4.78 is 17.9. The van der Waals surface area contributed by atoms with Crippen molar-refractivity contribution in [3.63, 3.8) is 0 Å². The van der Waals surface area contributed by atoms with E-state index < -0.39 is 0 Å². The molecule has 1 aromatic carbocycles. The molecule has 0 amide bonds. The smallest absolute Gasteiger partial charge is 0.132 e. The van der Waals surface area contributed by atoms with E-state index in [0.29, 0.717) is 6.42 Å². The topological polar surface area (TPSA) is 26.3 Å². The fourth-order valence-electron chi connectivity index (χ4n) is 1.46. The minimum atomic E-state index is -0.222. The average Bonchev–Trinajstić information content (AvgIpc) is 2.30. The fraction of sp³-hybridized carbons (Fsp3) is 0.462. The highest BCUT2D eigenvalue weighted by atomic mass is 32.2. The van der Waals surface area contributed by atoms with E-state index in [4.69, 9.17) is 4.74 Å². The standard InChI is InChI=1S/C13H17FO2S/c1-10(15)9-12(16-2)7-8-17-13-5-3-11(14)4-6-13/h3-6,12H,7-9H2,1-2H3. The van der Waals surface area contributed by atoms with Gasteiger partial charge in [-0.15, -0.1) is 11.8 Å². The quantitative estimate of drug-likeness (QED) is 0.700. The maximum Gasteiger partial charge on any atom is 0.132 e. The lowest BCUT2D eigenvalue weighted by molar-refractivity contribution is -0.119. The van der Waals surface area contributed by atoms with Gasteiger partial charge in [0.25, 0.3) is 0 Å². The Hall–Kier alpha value is -0.870. The summed E-state index contributed by atoms with van der Waals surface area (Å²) >= 11 is 1.64. The molecule has 0 fully saturated rings. The van der Waals surface area contributed by atoms with E-state index in [-0.39, 0.29) is 17.7 Å². The molecule has 1 aromatic rings.